The van der Waals surface area contributed by atoms with E-state index in [0.717, 1.165) is 53.7 Å². The standard InChI is InChI=1S/C25H36N4OS2/c1-8-10-11-29(9-2)22-21-20(27-24(28-22)31-7)19-16-13-25(5,6)30-14-17(16)18(12-15(3)4)26-23(19)32-21/h15H,8-14H2,1-7H3. The van der Waals surface area contributed by atoms with Gasteiger partial charge in [-0.15, -0.1) is 11.3 Å². The molecule has 5 nitrogen and oxygen atoms in total. The van der Waals surface area contributed by atoms with Crippen LogP contribution in [0.3, 0.4) is 0 Å². The highest BCUT2D eigenvalue weighted by Gasteiger charge is 2.32. The normalized spacial score (nSPS) is 15.6. The Morgan fingerprint density at radius 3 is 2.59 bits per heavy atom. The second-order valence-electron chi connectivity index (χ2n) is 9.77. The topological polar surface area (TPSA) is 51.1 Å². The van der Waals surface area contributed by atoms with Crippen LogP contribution in [0.2, 0.25) is 0 Å². The number of fused-ring (bicyclic) bond motifs is 5. The summed E-state index contributed by atoms with van der Waals surface area (Å²) in [7, 11) is 0. The van der Waals surface area contributed by atoms with Crippen molar-refractivity contribution in [2.45, 2.75) is 84.6 Å². The number of hydrogen-bond donors (Lipinski definition) is 0. The maximum atomic E-state index is 6.24. The van der Waals surface area contributed by atoms with Gasteiger partial charge < -0.3 is 9.64 Å². The van der Waals surface area contributed by atoms with Crippen molar-refractivity contribution in [1.29, 1.82) is 0 Å². The van der Waals surface area contributed by atoms with E-state index in [1.54, 1.807) is 23.1 Å². The Bertz CT molecular complexity index is 1120. The van der Waals surface area contributed by atoms with Gasteiger partial charge in [0.05, 0.1) is 22.4 Å². The zero-order valence-electron chi connectivity index (χ0n) is 20.5. The third kappa shape index (κ3) is 4.48. The fraction of sp³-hybridized carbons (Fsp3) is 0.640. The van der Waals surface area contributed by atoms with Gasteiger partial charge in [0.15, 0.2) is 11.0 Å². The van der Waals surface area contributed by atoms with Crippen molar-refractivity contribution in [3.05, 3.63) is 16.8 Å². The summed E-state index contributed by atoms with van der Waals surface area (Å²) >= 11 is 3.39. The van der Waals surface area contributed by atoms with Crippen LogP contribution in [-0.2, 0) is 24.2 Å². The minimum atomic E-state index is -0.181. The Morgan fingerprint density at radius 2 is 1.94 bits per heavy atom. The quantitative estimate of drug-likeness (QED) is 0.271. The zero-order valence-corrected chi connectivity index (χ0v) is 22.2. The third-order valence-electron chi connectivity index (χ3n) is 6.18. The van der Waals surface area contributed by atoms with E-state index in [0.29, 0.717) is 12.5 Å². The Kier molecular flexibility index (Phi) is 6.99. The second-order valence-corrected chi connectivity index (χ2v) is 11.5. The van der Waals surface area contributed by atoms with Crippen LogP contribution in [0.4, 0.5) is 5.82 Å². The van der Waals surface area contributed by atoms with Crippen LogP contribution in [0.1, 0.15) is 71.2 Å². The van der Waals surface area contributed by atoms with E-state index in [1.807, 2.05) is 0 Å². The fourth-order valence-electron chi connectivity index (χ4n) is 4.53. The number of aromatic nitrogens is 3. The molecule has 0 unspecified atom stereocenters. The first kappa shape index (κ1) is 23.7. The lowest BCUT2D eigenvalue weighted by Gasteiger charge is -2.33. The van der Waals surface area contributed by atoms with Crippen LogP contribution in [0, 0.1) is 5.92 Å². The summed E-state index contributed by atoms with van der Waals surface area (Å²) in [4.78, 5) is 18.7. The minimum Gasteiger partial charge on any atom is -0.370 e. The molecule has 0 amide bonds. The highest BCUT2D eigenvalue weighted by Crippen LogP contribution is 2.44. The molecule has 0 aliphatic carbocycles. The van der Waals surface area contributed by atoms with Crippen LogP contribution >= 0.6 is 23.1 Å². The molecule has 0 bridgehead atoms. The number of pyridine rings is 1. The van der Waals surface area contributed by atoms with E-state index in [9.17, 15) is 0 Å². The van der Waals surface area contributed by atoms with Crippen LogP contribution in [0.25, 0.3) is 20.4 Å². The van der Waals surface area contributed by atoms with E-state index in [-0.39, 0.29) is 5.60 Å². The van der Waals surface area contributed by atoms with E-state index in [2.05, 4.69) is 52.7 Å². The second kappa shape index (κ2) is 9.43. The van der Waals surface area contributed by atoms with Gasteiger partial charge in [-0.2, -0.15) is 0 Å². The van der Waals surface area contributed by atoms with Crippen molar-refractivity contribution >= 4 is 49.3 Å². The number of hydrogen-bond acceptors (Lipinski definition) is 7. The van der Waals surface area contributed by atoms with E-state index in [4.69, 9.17) is 19.7 Å². The van der Waals surface area contributed by atoms with Crippen molar-refractivity contribution in [3.8, 4) is 0 Å². The summed E-state index contributed by atoms with van der Waals surface area (Å²) in [6.45, 7) is 16.0. The number of anilines is 1. The lowest BCUT2D eigenvalue weighted by Crippen LogP contribution is -2.33. The number of unbranched alkanes of at least 4 members (excludes halogenated alkanes) is 1. The van der Waals surface area contributed by atoms with Crippen LogP contribution < -0.4 is 4.90 Å². The lowest BCUT2D eigenvalue weighted by atomic mass is 9.88. The van der Waals surface area contributed by atoms with Crippen LogP contribution in [-0.4, -0.2) is 39.9 Å². The Hall–Kier alpha value is -1.44. The Labute approximate surface area is 200 Å². The summed E-state index contributed by atoms with van der Waals surface area (Å²) in [6.07, 6.45) is 6.26. The molecule has 0 aromatic carbocycles. The molecule has 32 heavy (non-hydrogen) atoms. The summed E-state index contributed by atoms with van der Waals surface area (Å²) in [5, 5.41) is 2.07. The van der Waals surface area contributed by atoms with Crippen LogP contribution in [0.15, 0.2) is 5.16 Å². The van der Waals surface area contributed by atoms with Crippen molar-refractivity contribution in [3.63, 3.8) is 0 Å². The average molecular weight is 473 g/mol. The average Bonchev–Trinajstić information content (AvgIpc) is 3.11. The van der Waals surface area contributed by atoms with Gasteiger partial charge in [0.2, 0.25) is 0 Å². The molecule has 0 atom stereocenters. The SMILES string of the molecule is CCCCN(CC)c1nc(SC)nc2c1sc1nc(CC(C)C)c3c(c12)CC(C)(C)OC3. The number of thiophene rings is 1. The third-order valence-corrected chi connectivity index (χ3v) is 7.80. The highest BCUT2D eigenvalue weighted by molar-refractivity contribution is 7.98. The van der Waals surface area contributed by atoms with Crippen LogP contribution in [0.5, 0.6) is 0 Å². The molecule has 0 spiro atoms. The lowest BCUT2D eigenvalue weighted by molar-refractivity contribution is -0.0402. The first-order valence-electron chi connectivity index (χ1n) is 11.9. The minimum absolute atomic E-state index is 0.181. The molecule has 0 radical (unpaired) electrons. The monoisotopic (exact) mass is 472 g/mol. The number of thioether (sulfide) groups is 1. The first-order chi connectivity index (χ1) is 15.3. The zero-order chi connectivity index (χ0) is 23.0. The molecule has 1 aliphatic rings. The van der Waals surface area contributed by atoms with Crippen molar-refractivity contribution in [2.24, 2.45) is 5.92 Å². The molecular formula is C25H36N4OS2. The van der Waals surface area contributed by atoms with Crippen molar-refractivity contribution in [1.82, 2.24) is 15.0 Å². The molecule has 3 aromatic rings. The molecule has 4 rings (SSSR count). The Morgan fingerprint density at radius 1 is 1.16 bits per heavy atom. The summed E-state index contributed by atoms with van der Waals surface area (Å²) in [5.41, 5.74) is 4.77. The van der Waals surface area contributed by atoms with E-state index < -0.39 is 0 Å². The molecule has 1 aliphatic heterocycles. The molecule has 0 saturated heterocycles. The first-order valence-corrected chi connectivity index (χ1v) is 13.9. The maximum Gasteiger partial charge on any atom is 0.189 e. The molecule has 0 saturated carbocycles. The predicted octanol–water partition coefficient (Wildman–Crippen LogP) is 6.64. The molecule has 4 heterocycles. The Balaban J connectivity index is 2.02. The van der Waals surface area contributed by atoms with Crippen molar-refractivity contribution in [2.75, 3.05) is 24.2 Å². The number of ether oxygens (including phenoxy) is 1. The molecule has 7 heteroatoms. The molecule has 0 N–H and O–H groups in total. The van der Waals surface area contributed by atoms with Gasteiger partial charge in [0.1, 0.15) is 4.83 Å². The fourth-order valence-corrected chi connectivity index (χ4v) is 6.07. The van der Waals surface area contributed by atoms with Gasteiger partial charge in [-0.05, 0) is 51.3 Å². The van der Waals surface area contributed by atoms with E-state index >= 15 is 0 Å². The predicted molar refractivity (Wildman–Crippen MR) is 138 cm³/mol. The maximum absolute atomic E-state index is 6.24. The number of nitrogens with zero attached hydrogens (tertiary/aromatic N) is 4. The molecular weight excluding hydrogens is 436 g/mol. The number of rotatable bonds is 8. The largest absolute Gasteiger partial charge is 0.370 e. The molecule has 3 aromatic heterocycles. The summed E-state index contributed by atoms with van der Waals surface area (Å²) in [5.74, 6) is 1.63. The van der Waals surface area contributed by atoms with E-state index in [1.165, 1.54) is 33.3 Å². The van der Waals surface area contributed by atoms with Gasteiger partial charge in [0.25, 0.3) is 0 Å². The summed E-state index contributed by atoms with van der Waals surface area (Å²) in [6, 6.07) is 0. The van der Waals surface area contributed by atoms with Gasteiger partial charge in [0, 0.05) is 36.2 Å². The van der Waals surface area contributed by atoms with Gasteiger partial charge in [-0.3, -0.25) is 0 Å². The molecule has 174 valence electrons. The smallest absolute Gasteiger partial charge is 0.189 e. The molecule has 0 fully saturated rings. The van der Waals surface area contributed by atoms with Crippen molar-refractivity contribution < 1.29 is 4.74 Å². The summed E-state index contributed by atoms with van der Waals surface area (Å²) < 4.78 is 7.42. The van der Waals surface area contributed by atoms with Gasteiger partial charge >= 0.3 is 0 Å². The van der Waals surface area contributed by atoms with Gasteiger partial charge in [-0.1, -0.05) is 39.0 Å². The highest BCUT2D eigenvalue weighted by atomic mass is 32.2. The van der Waals surface area contributed by atoms with Gasteiger partial charge in [-0.25, -0.2) is 15.0 Å².